The average Bonchev–Trinajstić information content (AvgIpc) is 2.80. The van der Waals surface area contributed by atoms with Crippen LogP contribution in [-0.2, 0) is 6.42 Å². The summed E-state index contributed by atoms with van der Waals surface area (Å²) in [5.74, 6) is -0.416. The molecule has 0 aliphatic heterocycles. The number of thiophene rings is 1. The van der Waals surface area contributed by atoms with Gasteiger partial charge in [0.15, 0.2) is 0 Å². The lowest BCUT2D eigenvalue weighted by molar-refractivity contribution is 0.104. The maximum atomic E-state index is 13.4. The summed E-state index contributed by atoms with van der Waals surface area (Å²) < 4.78 is 13.4. The fourth-order valence-electron chi connectivity index (χ4n) is 1.68. The molecule has 0 unspecified atom stereocenters. The van der Waals surface area contributed by atoms with Gasteiger partial charge in [0.05, 0.1) is 4.88 Å². The minimum atomic E-state index is -0.328. The fourth-order valence-corrected chi connectivity index (χ4v) is 2.64. The van der Waals surface area contributed by atoms with Crippen LogP contribution in [0.1, 0.15) is 33.3 Å². The van der Waals surface area contributed by atoms with Gasteiger partial charge in [0.2, 0.25) is 5.78 Å². The Labute approximate surface area is 104 Å². The van der Waals surface area contributed by atoms with Crippen LogP contribution in [0.4, 0.5) is 4.39 Å². The van der Waals surface area contributed by atoms with E-state index in [2.05, 4.69) is 0 Å². The third-order valence-electron chi connectivity index (χ3n) is 2.77. The highest BCUT2D eigenvalue weighted by atomic mass is 32.1. The highest BCUT2D eigenvalue weighted by Gasteiger charge is 2.15. The van der Waals surface area contributed by atoms with Gasteiger partial charge >= 0.3 is 0 Å². The van der Waals surface area contributed by atoms with Gasteiger partial charge in [-0.3, -0.25) is 4.79 Å². The quantitative estimate of drug-likeness (QED) is 0.751. The zero-order valence-corrected chi connectivity index (χ0v) is 10.6. The van der Waals surface area contributed by atoms with Crippen molar-refractivity contribution < 1.29 is 9.18 Å². The lowest BCUT2D eigenvalue weighted by Gasteiger charge is -2.03. The second-order valence-electron chi connectivity index (χ2n) is 3.92. The Morgan fingerprint density at radius 3 is 2.76 bits per heavy atom. The number of halogens is 1. The largest absolute Gasteiger partial charge is 0.288 e. The van der Waals surface area contributed by atoms with Crippen molar-refractivity contribution >= 4 is 17.1 Å². The Bertz CT molecular complexity index is 557. The molecule has 0 aliphatic carbocycles. The Morgan fingerprint density at radius 2 is 2.12 bits per heavy atom. The number of hydrogen-bond donors (Lipinski definition) is 0. The molecule has 0 fully saturated rings. The summed E-state index contributed by atoms with van der Waals surface area (Å²) >= 11 is 1.42. The predicted octanol–water partition coefficient (Wildman–Crippen LogP) is 3.99. The number of rotatable bonds is 3. The molecule has 0 saturated heterocycles. The molecular weight excluding hydrogens is 235 g/mol. The molecule has 0 saturated carbocycles. The summed E-state index contributed by atoms with van der Waals surface area (Å²) in [7, 11) is 0. The van der Waals surface area contributed by atoms with Gasteiger partial charge in [0, 0.05) is 5.56 Å². The maximum absolute atomic E-state index is 13.4. The van der Waals surface area contributed by atoms with Crippen LogP contribution in [-0.4, -0.2) is 5.78 Å². The van der Waals surface area contributed by atoms with Crippen molar-refractivity contribution in [3.63, 3.8) is 0 Å². The molecule has 1 aromatic heterocycles. The first kappa shape index (κ1) is 12.0. The third kappa shape index (κ3) is 2.29. The monoisotopic (exact) mass is 248 g/mol. The van der Waals surface area contributed by atoms with Crippen LogP contribution in [0.2, 0.25) is 0 Å². The fraction of sp³-hybridized carbons (Fsp3) is 0.214. The van der Waals surface area contributed by atoms with Crippen molar-refractivity contribution in [2.45, 2.75) is 20.3 Å². The summed E-state index contributed by atoms with van der Waals surface area (Å²) in [5, 5.41) is 1.90. The Morgan fingerprint density at radius 1 is 1.35 bits per heavy atom. The summed E-state index contributed by atoms with van der Waals surface area (Å²) in [5.41, 5.74) is 2.01. The molecule has 17 heavy (non-hydrogen) atoms. The van der Waals surface area contributed by atoms with Crippen LogP contribution in [0.5, 0.6) is 0 Å². The Kier molecular flexibility index (Phi) is 3.38. The van der Waals surface area contributed by atoms with Crippen molar-refractivity contribution in [2.24, 2.45) is 0 Å². The minimum Gasteiger partial charge on any atom is -0.288 e. The normalized spacial score (nSPS) is 10.5. The number of ketones is 1. The molecule has 0 amide bonds. The van der Waals surface area contributed by atoms with E-state index < -0.39 is 0 Å². The molecule has 0 radical (unpaired) electrons. The highest BCUT2D eigenvalue weighted by molar-refractivity contribution is 7.12. The Balaban J connectivity index is 2.40. The molecule has 0 spiro atoms. The van der Waals surface area contributed by atoms with Crippen LogP contribution in [0.25, 0.3) is 0 Å². The standard InChI is InChI=1S/C14H13FOS/c1-3-10-6-7-17-14(10)13(16)11-5-4-9(2)12(15)8-11/h4-8H,3H2,1-2H3. The SMILES string of the molecule is CCc1ccsc1C(=O)c1ccc(C)c(F)c1. The maximum Gasteiger partial charge on any atom is 0.203 e. The van der Waals surface area contributed by atoms with Crippen LogP contribution in [0.3, 0.4) is 0 Å². The zero-order chi connectivity index (χ0) is 12.4. The molecule has 0 bridgehead atoms. The van der Waals surface area contributed by atoms with Gasteiger partial charge in [-0.05, 0) is 42.0 Å². The van der Waals surface area contributed by atoms with Gasteiger partial charge in [-0.15, -0.1) is 11.3 Å². The molecule has 2 aromatic rings. The van der Waals surface area contributed by atoms with Crippen LogP contribution < -0.4 is 0 Å². The average molecular weight is 248 g/mol. The van der Waals surface area contributed by atoms with Gasteiger partial charge in [0.1, 0.15) is 5.82 Å². The first-order valence-electron chi connectivity index (χ1n) is 5.50. The molecular formula is C14H13FOS. The summed E-state index contributed by atoms with van der Waals surface area (Å²) in [4.78, 5) is 12.9. The molecule has 3 heteroatoms. The van der Waals surface area contributed by atoms with Gasteiger partial charge in [-0.2, -0.15) is 0 Å². The van der Waals surface area contributed by atoms with Gasteiger partial charge in [-0.25, -0.2) is 4.39 Å². The minimum absolute atomic E-state index is 0.0873. The number of benzene rings is 1. The summed E-state index contributed by atoms with van der Waals surface area (Å²) in [6.07, 6.45) is 0.818. The van der Waals surface area contributed by atoms with Crippen LogP contribution >= 0.6 is 11.3 Å². The zero-order valence-electron chi connectivity index (χ0n) is 9.79. The van der Waals surface area contributed by atoms with E-state index in [4.69, 9.17) is 0 Å². The number of carbonyl (C=O) groups is 1. The molecule has 0 atom stereocenters. The first-order valence-corrected chi connectivity index (χ1v) is 6.38. The lowest BCUT2D eigenvalue weighted by Crippen LogP contribution is -2.02. The molecule has 1 heterocycles. The van der Waals surface area contributed by atoms with Crippen molar-refractivity contribution in [1.29, 1.82) is 0 Å². The van der Waals surface area contributed by atoms with E-state index in [1.165, 1.54) is 17.4 Å². The van der Waals surface area contributed by atoms with E-state index in [1.54, 1.807) is 19.1 Å². The molecule has 88 valence electrons. The van der Waals surface area contributed by atoms with E-state index in [9.17, 15) is 9.18 Å². The van der Waals surface area contributed by atoms with Crippen molar-refractivity contribution in [1.82, 2.24) is 0 Å². The predicted molar refractivity (Wildman–Crippen MR) is 68.3 cm³/mol. The Hall–Kier alpha value is -1.48. The van der Waals surface area contributed by atoms with Crippen molar-refractivity contribution in [2.75, 3.05) is 0 Å². The second kappa shape index (κ2) is 4.80. The van der Waals surface area contributed by atoms with Crippen LogP contribution in [0, 0.1) is 12.7 Å². The van der Waals surface area contributed by atoms with E-state index in [0.717, 1.165) is 16.9 Å². The second-order valence-corrected chi connectivity index (χ2v) is 4.84. The number of aryl methyl sites for hydroxylation is 2. The van der Waals surface area contributed by atoms with E-state index in [1.807, 2.05) is 18.4 Å². The molecule has 1 aromatic carbocycles. The van der Waals surface area contributed by atoms with Crippen molar-refractivity contribution in [3.05, 3.63) is 57.0 Å². The van der Waals surface area contributed by atoms with Crippen molar-refractivity contribution in [3.8, 4) is 0 Å². The van der Waals surface area contributed by atoms with E-state index >= 15 is 0 Å². The van der Waals surface area contributed by atoms with Gasteiger partial charge in [0.25, 0.3) is 0 Å². The molecule has 2 rings (SSSR count). The highest BCUT2D eigenvalue weighted by Crippen LogP contribution is 2.22. The van der Waals surface area contributed by atoms with Gasteiger partial charge < -0.3 is 0 Å². The number of hydrogen-bond acceptors (Lipinski definition) is 2. The smallest absolute Gasteiger partial charge is 0.203 e. The molecule has 0 N–H and O–H groups in total. The topological polar surface area (TPSA) is 17.1 Å². The number of carbonyl (C=O) groups excluding carboxylic acids is 1. The van der Waals surface area contributed by atoms with Crippen LogP contribution in [0.15, 0.2) is 29.6 Å². The summed E-state index contributed by atoms with van der Waals surface area (Å²) in [6.45, 7) is 3.70. The van der Waals surface area contributed by atoms with Gasteiger partial charge in [-0.1, -0.05) is 19.1 Å². The molecule has 1 nitrogen and oxygen atoms in total. The first-order chi connectivity index (χ1) is 8.13. The molecule has 0 aliphatic rings. The third-order valence-corrected chi connectivity index (χ3v) is 3.72. The van der Waals surface area contributed by atoms with E-state index in [0.29, 0.717) is 11.1 Å². The summed E-state index contributed by atoms with van der Waals surface area (Å²) in [6, 6.07) is 6.58. The van der Waals surface area contributed by atoms with E-state index in [-0.39, 0.29) is 11.6 Å². The lowest BCUT2D eigenvalue weighted by atomic mass is 10.0.